The number of halogens is 3. The van der Waals surface area contributed by atoms with Gasteiger partial charge in [0.2, 0.25) is 17.8 Å². The molecule has 2 atom stereocenters. The third kappa shape index (κ3) is 5.46. The van der Waals surface area contributed by atoms with E-state index >= 15 is 0 Å². The minimum absolute atomic E-state index is 0.0176. The van der Waals surface area contributed by atoms with Gasteiger partial charge in [-0.3, -0.25) is 9.36 Å². The van der Waals surface area contributed by atoms with Crippen LogP contribution in [0.15, 0.2) is 18.3 Å². The van der Waals surface area contributed by atoms with Gasteiger partial charge in [0.1, 0.15) is 5.52 Å². The fourth-order valence-corrected chi connectivity index (χ4v) is 6.30. The lowest BCUT2D eigenvalue weighted by Gasteiger charge is -2.35. The van der Waals surface area contributed by atoms with Crippen molar-refractivity contribution in [2.45, 2.75) is 76.5 Å². The van der Waals surface area contributed by atoms with Gasteiger partial charge in [0.05, 0.1) is 28.0 Å². The molecule has 0 saturated heterocycles. The Kier molecular flexibility index (Phi) is 7.42. The summed E-state index contributed by atoms with van der Waals surface area (Å²) >= 11 is 19.0. The number of imidazole rings is 1. The van der Waals surface area contributed by atoms with E-state index in [1.54, 1.807) is 18.3 Å². The molecule has 9 nitrogen and oxygen atoms in total. The predicted octanol–water partition coefficient (Wildman–Crippen LogP) is 5.85. The summed E-state index contributed by atoms with van der Waals surface area (Å²) in [6.45, 7) is 1.92. The molecule has 3 aromatic rings. The monoisotopic (exact) mass is 565 g/mol. The summed E-state index contributed by atoms with van der Waals surface area (Å²) in [6.07, 6.45) is 7.53. The van der Waals surface area contributed by atoms with Gasteiger partial charge >= 0.3 is 0 Å². The Labute approximate surface area is 230 Å². The maximum atomic E-state index is 12.1. The van der Waals surface area contributed by atoms with E-state index in [0.717, 1.165) is 32.1 Å². The first-order chi connectivity index (χ1) is 17.6. The van der Waals surface area contributed by atoms with Gasteiger partial charge in [-0.1, -0.05) is 41.7 Å². The zero-order chi connectivity index (χ0) is 26.3. The molecule has 0 aliphatic heterocycles. The zero-order valence-corrected chi connectivity index (χ0v) is 22.7. The first-order valence-corrected chi connectivity index (χ1v) is 13.7. The van der Waals surface area contributed by atoms with Crippen LogP contribution >= 0.6 is 34.8 Å². The third-order valence-corrected chi connectivity index (χ3v) is 8.49. The lowest BCUT2D eigenvalue weighted by molar-refractivity contribution is -0.128. The molecule has 0 spiro atoms. The van der Waals surface area contributed by atoms with Crippen molar-refractivity contribution >= 4 is 69.5 Å². The Balaban J connectivity index is 1.52. The summed E-state index contributed by atoms with van der Waals surface area (Å²) in [5.74, 6) is 0.732. The number of aliphatic hydroxyl groups is 1. The van der Waals surface area contributed by atoms with E-state index in [0.29, 0.717) is 63.1 Å². The molecule has 2 fully saturated rings. The van der Waals surface area contributed by atoms with Crippen molar-refractivity contribution in [3.05, 3.63) is 33.4 Å². The standard InChI is InChI=1S/C25H30Cl3N7O2/c1-25(22(29)37)7-5-15(6-8-25)35-21-19(12-30-23(34-21)31-14-3-2-4-16(36)11-14)32-24(35)33-20-17(27)9-13(26)10-18(20)28/h9-10,12,14-16,36H,2-8,11H2,1H3,(H2,29,37)(H,32,33)(H,30,31,34)/t14?,15?,16-,25?/m1/s1. The minimum Gasteiger partial charge on any atom is -0.393 e. The molecule has 2 saturated carbocycles. The number of benzene rings is 1. The first kappa shape index (κ1) is 26.3. The lowest BCUT2D eigenvalue weighted by atomic mass is 9.73. The van der Waals surface area contributed by atoms with Crippen molar-refractivity contribution in [2.75, 3.05) is 10.6 Å². The SMILES string of the molecule is CC1(C(N)=O)CCC(n2c(Nc3c(Cl)cc(Cl)cc3Cl)nc3cnc(NC4CCC[C@@H](O)C4)nc32)CC1. The van der Waals surface area contributed by atoms with Crippen LogP contribution in [-0.4, -0.2) is 42.7 Å². The van der Waals surface area contributed by atoms with E-state index in [1.807, 2.05) is 11.5 Å². The maximum absolute atomic E-state index is 12.1. The average molecular weight is 567 g/mol. The minimum atomic E-state index is -0.535. The number of nitrogens with one attached hydrogen (secondary N) is 2. The Morgan fingerprint density at radius 3 is 2.49 bits per heavy atom. The van der Waals surface area contributed by atoms with Crippen molar-refractivity contribution in [1.29, 1.82) is 0 Å². The molecule has 0 bridgehead atoms. The van der Waals surface area contributed by atoms with Gasteiger partial charge in [-0.25, -0.2) is 9.97 Å². The number of aliphatic hydroxyl groups excluding tert-OH is 1. The second kappa shape index (κ2) is 10.4. The van der Waals surface area contributed by atoms with E-state index in [-0.39, 0.29) is 24.1 Å². The fourth-order valence-electron chi connectivity index (χ4n) is 5.39. The molecule has 1 unspecified atom stereocenters. The Morgan fingerprint density at radius 2 is 1.84 bits per heavy atom. The fraction of sp³-hybridized carbons (Fsp3) is 0.520. The molecular formula is C25H30Cl3N7O2. The molecule has 2 aliphatic carbocycles. The quantitative estimate of drug-likeness (QED) is 0.294. The van der Waals surface area contributed by atoms with Gasteiger partial charge in [0, 0.05) is 22.5 Å². The number of hydrogen-bond acceptors (Lipinski definition) is 7. The van der Waals surface area contributed by atoms with Crippen LogP contribution in [0.1, 0.15) is 64.3 Å². The summed E-state index contributed by atoms with van der Waals surface area (Å²) in [6, 6.07) is 3.35. The van der Waals surface area contributed by atoms with Crippen LogP contribution in [0.25, 0.3) is 11.2 Å². The van der Waals surface area contributed by atoms with Crippen LogP contribution in [-0.2, 0) is 4.79 Å². The van der Waals surface area contributed by atoms with Gasteiger partial charge < -0.3 is 21.5 Å². The van der Waals surface area contributed by atoms with E-state index in [1.165, 1.54) is 0 Å². The smallest absolute Gasteiger partial charge is 0.224 e. The van der Waals surface area contributed by atoms with Crippen molar-refractivity contribution in [3.8, 4) is 0 Å². The number of primary amides is 1. The number of aromatic nitrogens is 4. The number of rotatable bonds is 6. The molecule has 1 aromatic carbocycles. The van der Waals surface area contributed by atoms with Crippen molar-refractivity contribution in [2.24, 2.45) is 11.1 Å². The van der Waals surface area contributed by atoms with E-state index in [9.17, 15) is 9.90 Å². The zero-order valence-electron chi connectivity index (χ0n) is 20.5. The van der Waals surface area contributed by atoms with Crippen molar-refractivity contribution < 1.29 is 9.90 Å². The molecule has 2 aliphatic rings. The van der Waals surface area contributed by atoms with Gasteiger partial charge in [-0.2, -0.15) is 4.98 Å². The molecular weight excluding hydrogens is 537 g/mol. The molecule has 37 heavy (non-hydrogen) atoms. The molecule has 1 amide bonds. The van der Waals surface area contributed by atoms with E-state index in [2.05, 4.69) is 15.6 Å². The van der Waals surface area contributed by atoms with Gasteiger partial charge in [-0.05, 0) is 63.5 Å². The predicted molar refractivity (Wildman–Crippen MR) is 147 cm³/mol. The number of nitrogens with two attached hydrogens (primary N) is 1. The molecule has 12 heteroatoms. The second-order valence-electron chi connectivity index (χ2n) is 10.4. The van der Waals surface area contributed by atoms with Crippen LogP contribution in [0, 0.1) is 5.41 Å². The van der Waals surface area contributed by atoms with E-state index < -0.39 is 5.41 Å². The first-order valence-electron chi connectivity index (χ1n) is 12.5. The summed E-state index contributed by atoms with van der Waals surface area (Å²) in [5, 5.41) is 17.9. The van der Waals surface area contributed by atoms with E-state index in [4.69, 9.17) is 50.5 Å². The second-order valence-corrected chi connectivity index (χ2v) is 11.6. The highest BCUT2D eigenvalue weighted by atomic mass is 35.5. The number of carbonyl (C=O) groups is 1. The summed E-state index contributed by atoms with van der Waals surface area (Å²) in [7, 11) is 0. The highest BCUT2D eigenvalue weighted by Gasteiger charge is 2.38. The number of carbonyl (C=O) groups excluding carboxylic acids is 1. The maximum Gasteiger partial charge on any atom is 0.224 e. The average Bonchev–Trinajstić information content (AvgIpc) is 3.19. The molecule has 198 valence electrons. The Bertz CT molecular complexity index is 1300. The topological polar surface area (TPSA) is 131 Å². The molecule has 2 aromatic heterocycles. The largest absolute Gasteiger partial charge is 0.393 e. The highest BCUT2D eigenvalue weighted by Crippen LogP contribution is 2.44. The summed E-state index contributed by atoms with van der Waals surface area (Å²) in [4.78, 5) is 26.2. The number of fused-ring (bicyclic) bond motifs is 1. The van der Waals surface area contributed by atoms with Gasteiger partial charge in [-0.15, -0.1) is 0 Å². The number of anilines is 3. The molecule has 5 rings (SSSR count). The number of nitrogens with zero attached hydrogens (tertiary/aromatic N) is 4. The number of hydrogen-bond donors (Lipinski definition) is 4. The summed E-state index contributed by atoms with van der Waals surface area (Å²) in [5.41, 5.74) is 6.92. The van der Waals surface area contributed by atoms with Crippen LogP contribution in [0.4, 0.5) is 17.6 Å². The van der Waals surface area contributed by atoms with Crippen LogP contribution in [0.5, 0.6) is 0 Å². The highest BCUT2D eigenvalue weighted by molar-refractivity contribution is 6.41. The van der Waals surface area contributed by atoms with Gasteiger partial charge in [0.15, 0.2) is 5.65 Å². The lowest BCUT2D eigenvalue weighted by Crippen LogP contribution is -2.38. The number of amides is 1. The Hall–Kier alpha value is -2.33. The van der Waals surface area contributed by atoms with Crippen LogP contribution in [0.2, 0.25) is 15.1 Å². The van der Waals surface area contributed by atoms with Crippen molar-refractivity contribution in [1.82, 2.24) is 19.5 Å². The molecule has 5 N–H and O–H groups in total. The van der Waals surface area contributed by atoms with Crippen LogP contribution < -0.4 is 16.4 Å². The van der Waals surface area contributed by atoms with Crippen LogP contribution in [0.3, 0.4) is 0 Å². The van der Waals surface area contributed by atoms with Crippen molar-refractivity contribution in [3.63, 3.8) is 0 Å². The summed E-state index contributed by atoms with van der Waals surface area (Å²) < 4.78 is 2.04. The molecule has 0 radical (unpaired) electrons. The van der Waals surface area contributed by atoms with Gasteiger partial charge in [0.25, 0.3) is 0 Å². The Morgan fingerprint density at radius 1 is 1.14 bits per heavy atom. The third-order valence-electron chi connectivity index (χ3n) is 7.67. The normalized spacial score (nSPS) is 26.2. The molecule has 2 heterocycles.